The third-order valence-corrected chi connectivity index (χ3v) is 9.12. The summed E-state index contributed by atoms with van der Waals surface area (Å²) in [6, 6.07) is 1.18. The van der Waals surface area contributed by atoms with Gasteiger partial charge >= 0.3 is 0 Å². The van der Waals surface area contributed by atoms with Gasteiger partial charge in [0, 0.05) is 56.5 Å². The minimum Gasteiger partial charge on any atom is -0.332 e. The molecule has 1 aromatic rings. The molecule has 33 heavy (non-hydrogen) atoms. The summed E-state index contributed by atoms with van der Waals surface area (Å²) in [5.41, 5.74) is 1.33. The summed E-state index contributed by atoms with van der Waals surface area (Å²) in [4.78, 5) is 29.5. The second-order valence-electron chi connectivity index (χ2n) is 11.1. The first kappa shape index (κ1) is 23.2. The van der Waals surface area contributed by atoms with E-state index in [1.54, 1.807) is 0 Å². The zero-order valence-electron chi connectivity index (χ0n) is 20.8. The highest BCUT2D eigenvalue weighted by Gasteiger charge is 2.40. The van der Waals surface area contributed by atoms with Crippen molar-refractivity contribution in [3.05, 3.63) is 18.0 Å². The molecule has 2 bridgehead atoms. The lowest BCUT2D eigenvalue weighted by molar-refractivity contribution is -0.123. The van der Waals surface area contributed by atoms with Crippen LogP contribution in [0.2, 0.25) is 0 Å². The quantitative estimate of drug-likeness (QED) is 0.619. The molecule has 6 nitrogen and oxygen atoms in total. The number of nitrogens with zero attached hydrogens (tertiary/aromatic N) is 5. The Morgan fingerprint density at radius 2 is 1.52 bits per heavy atom. The summed E-state index contributed by atoms with van der Waals surface area (Å²) in [7, 11) is 0. The van der Waals surface area contributed by atoms with Crippen molar-refractivity contribution in [2.24, 2.45) is 11.8 Å². The second kappa shape index (κ2) is 10.4. The first-order valence-corrected chi connectivity index (χ1v) is 13.7. The predicted octanol–water partition coefficient (Wildman–Crippen LogP) is 4.11. The number of piperazine rings is 1. The molecule has 6 heteroatoms. The lowest BCUT2D eigenvalue weighted by Crippen LogP contribution is -2.54. The van der Waals surface area contributed by atoms with Gasteiger partial charge < -0.3 is 9.80 Å². The molecule has 2 atom stereocenters. The van der Waals surface area contributed by atoms with Crippen LogP contribution in [0.1, 0.15) is 83.1 Å². The second-order valence-corrected chi connectivity index (χ2v) is 11.1. The monoisotopic (exact) mass is 453 g/mol. The van der Waals surface area contributed by atoms with E-state index in [1.807, 2.05) is 6.92 Å². The topological polar surface area (TPSA) is 52.6 Å². The van der Waals surface area contributed by atoms with Crippen LogP contribution in [0.5, 0.6) is 0 Å². The summed E-state index contributed by atoms with van der Waals surface area (Å²) in [5, 5.41) is 0. The molecule has 0 spiro atoms. The fourth-order valence-electron chi connectivity index (χ4n) is 7.02. The maximum Gasteiger partial charge on any atom is 0.225 e. The fraction of sp³-hybridized carbons (Fsp3) is 0.815. The zero-order valence-corrected chi connectivity index (χ0v) is 20.8. The van der Waals surface area contributed by atoms with E-state index in [1.165, 1.54) is 63.7 Å². The number of likely N-dealkylation sites (N-methyl/N-ethyl adjacent to an activating group) is 1. The van der Waals surface area contributed by atoms with Crippen LogP contribution >= 0.6 is 0 Å². The fourth-order valence-corrected chi connectivity index (χ4v) is 7.02. The molecule has 4 fully saturated rings. The Labute approximate surface area is 200 Å². The van der Waals surface area contributed by atoms with Gasteiger partial charge in [-0.1, -0.05) is 13.8 Å². The van der Waals surface area contributed by atoms with Crippen molar-refractivity contribution in [2.75, 3.05) is 44.2 Å². The predicted molar refractivity (Wildman–Crippen MR) is 133 cm³/mol. The van der Waals surface area contributed by atoms with Crippen LogP contribution < -0.4 is 4.90 Å². The van der Waals surface area contributed by atoms with Crippen LogP contribution in [-0.4, -0.2) is 76.9 Å². The van der Waals surface area contributed by atoms with E-state index in [0.29, 0.717) is 36.1 Å². The number of ketones is 1. The standard InChI is InChI=1S/C27H43N5O/c1-3-26(33)22-7-5-20(6-8-22)17-31-13-11-21(12-14-31)23-15-28-27(29-16-23)32-24-9-10-25(32)19-30(4-2)18-24/h15-16,20-22,24-25H,3-14,17-19H2,1-2H3/t20-,22+,24?,25?. The molecule has 3 saturated heterocycles. The number of hydrogen-bond acceptors (Lipinski definition) is 6. The lowest BCUT2D eigenvalue weighted by atomic mass is 9.79. The van der Waals surface area contributed by atoms with Crippen molar-refractivity contribution in [1.82, 2.24) is 19.8 Å². The number of hydrogen-bond donors (Lipinski definition) is 0. The lowest BCUT2D eigenvalue weighted by Gasteiger charge is -2.40. The van der Waals surface area contributed by atoms with Crippen LogP contribution in [0.15, 0.2) is 12.4 Å². The van der Waals surface area contributed by atoms with Crippen molar-refractivity contribution >= 4 is 11.7 Å². The van der Waals surface area contributed by atoms with Gasteiger partial charge in [-0.15, -0.1) is 0 Å². The molecule has 0 radical (unpaired) electrons. The number of carbonyl (C=O) groups excluding carboxylic acids is 1. The SMILES string of the molecule is CCC(=O)[C@H]1CC[C@@H](CN2CCC(c3cnc(N4C5CCC4CN(CC)C5)nc3)CC2)CC1. The Bertz CT molecular complexity index is 768. The molecule has 0 N–H and O–H groups in total. The van der Waals surface area contributed by atoms with Crippen molar-refractivity contribution in [3.8, 4) is 0 Å². The van der Waals surface area contributed by atoms with Gasteiger partial charge in [0.1, 0.15) is 5.78 Å². The molecule has 5 rings (SSSR count). The molecule has 1 aromatic heterocycles. The van der Waals surface area contributed by atoms with Crippen molar-refractivity contribution in [3.63, 3.8) is 0 Å². The normalized spacial score (nSPS) is 31.8. The van der Waals surface area contributed by atoms with E-state index in [4.69, 9.17) is 9.97 Å². The Morgan fingerprint density at radius 1 is 0.879 bits per heavy atom. The molecule has 1 aliphatic carbocycles. The van der Waals surface area contributed by atoms with Crippen LogP contribution in [0.25, 0.3) is 0 Å². The average molecular weight is 454 g/mol. The molecule has 4 heterocycles. The number of carbonyl (C=O) groups is 1. The van der Waals surface area contributed by atoms with Gasteiger partial charge in [0.05, 0.1) is 0 Å². The van der Waals surface area contributed by atoms with Gasteiger partial charge in [0.2, 0.25) is 5.95 Å². The summed E-state index contributed by atoms with van der Waals surface area (Å²) in [6.45, 7) is 11.3. The van der Waals surface area contributed by atoms with Crippen LogP contribution in [0, 0.1) is 11.8 Å². The minimum atomic E-state index is 0.352. The largest absolute Gasteiger partial charge is 0.332 e. The van der Waals surface area contributed by atoms with E-state index in [2.05, 4.69) is 34.0 Å². The Kier molecular flexibility index (Phi) is 7.31. The zero-order chi connectivity index (χ0) is 22.8. The summed E-state index contributed by atoms with van der Waals surface area (Å²) in [6.07, 6.45) is 14.7. The molecule has 4 aliphatic rings. The highest BCUT2D eigenvalue weighted by Crippen LogP contribution is 2.35. The maximum atomic E-state index is 12.0. The highest BCUT2D eigenvalue weighted by molar-refractivity contribution is 5.80. The van der Waals surface area contributed by atoms with Crippen molar-refractivity contribution in [2.45, 2.75) is 89.6 Å². The molecule has 1 saturated carbocycles. The summed E-state index contributed by atoms with van der Waals surface area (Å²) in [5.74, 6) is 3.18. The van der Waals surface area contributed by atoms with Crippen molar-refractivity contribution in [1.29, 1.82) is 0 Å². The Morgan fingerprint density at radius 3 is 2.09 bits per heavy atom. The van der Waals surface area contributed by atoms with Gasteiger partial charge in [0.15, 0.2) is 0 Å². The van der Waals surface area contributed by atoms with Gasteiger partial charge in [-0.25, -0.2) is 9.97 Å². The minimum absolute atomic E-state index is 0.352. The maximum absolute atomic E-state index is 12.0. The smallest absolute Gasteiger partial charge is 0.225 e. The van der Waals surface area contributed by atoms with Gasteiger partial charge in [-0.2, -0.15) is 0 Å². The Hall–Kier alpha value is -1.53. The number of rotatable bonds is 7. The first-order valence-electron chi connectivity index (χ1n) is 13.7. The summed E-state index contributed by atoms with van der Waals surface area (Å²) < 4.78 is 0. The molecule has 182 valence electrons. The van der Waals surface area contributed by atoms with Gasteiger partial charge in [-0.05, 0) is 88.4 Å². The van der Waals surface area contributed by atoms with E-state index in [0.717, 1.165) is 44.3 Å². The van der Waals surface area contributed by atoms with E-state index in [9.17, 15) is 4.79 Å². The molecular weight excluding hydrogens is 410 g/mol. The van der Waals surface area contributed by atoms with Crippen LogP contribution in [-0.2, 0) is 4.79 Å². The molecular formula is C27H43N5O. The van der Waals surface area contributed by atoms with Crippen LogP contribution in [0.4, 0.5) is 5.95 Å². The third-order valence-electron chi connectivity index (χ3n) is 9.12. The van der Waals surface area contributed by atoms with Crippen LogP contribution in [0.3, 0.4) is 0 Å². The molecule has 0 aromatic carbocycles. The number of piperidine rings is 1. The van der Waals surface area contributed by atoms with Crippen molar-refractivity contribution < 1.29 is 4.79 Å². The first-order chi connectivity index (χ1) is 16.1. The number of aromatic nitrogens is 2. The van der Waals surface area contributed by atoms with Gasteiger partial charge in [0.25, 0.3) is 0 Å². The number of likely N-dealkylation sites (tertiary alicyclic amines) is 2. The number of anilines is 1. The van der Waals surface area contributed by atoms with E-state index < -0.39 is 0 Å². The van der Waals surface area contributed by atoms with Gasteiger partial charge in [-0.3, -0.25) is 9.69 Å². The highest BCUT2D eigenvalue weighted by atomic mass is 16.1. The van der Waals surface area contributed by atoms with E-state index >= 15 is 0 Å². The number of Topliss-reactive ketones (excluding diaryl/α,β-unsaturated/α-hetero) is 1. The molecule has 0 amide bonds. The third kappa shape index (κ3) is 5.12. The van der Waals surface area contributed by atoms with E-state index in [-0.39, 0.29) is 0 Å². The average Bonchev–Trinajstić information content (AvgIpc) is 3.13. The summed E-state index contributed by atoms with van der Waals surface area (Å²) >= 11 is 0. The molecule has 2 unspecified atom stereocenters. The number of fused-ring (bicyclic) bond motifs is 2. The molecule has 3 aliphatic heterocycles. The Balaban J connectivity index is 1.09.